The van der Waals surface area contributed by atoms with Crippen molar-refractivity contribution in [2.24, 2.45) is 5.92 Å². The number of aromatic nitrogens is 2. The normalized spacial score (nSPS) is 20.7. The summed E-state index contributed by atoms with van der Waals surface area (Å²) in [6.07, 6.45) is 2.71. The largest absolute Gasteiger partial charge is 0.342 e. The molecule has 3 aromatic rings. The molecule has 2 aliphatic rings. The van der Waals surface area contributed by atoms with Gasteiger partial charge in [0.2, 0.25) is 23.5 Å². The van der Waals surface area contributed by atoms with Gasteiger partial charge in [-0.25, -0.2) is 4.39 Å². The van der Waals surface area contributed by atoms with Gasteiger partial charge in [0.1, 0.15) is 5.82 Å². The van der Waals surface area contributed by atoms with Crippen LogP contribution in [0, 0.1) is 11.7 Å². The van der Waals surface area contributed by atoms with Crippen LogP contribution in [-0.2, 0) is 16.0 Å². The van der Waals surface area contributed by atoms with Crippen LogP contribution in [0.3, 0.4) is 0 Å². The SMILES string of the molecule is O=C1CC(C(=O)N2CCCC(c3nc(-c4cccc(F)c4)no3)C2)CN1CCc1ccccc1. The number of nitrogens with zero attached hydrogens (tertiary/aromatic N) is 4. The third-order valence-electron chi connectivity index (χ3n) is 6.68. The Kier molecular flexibility index (Phi) is 6.38. The van der Waals surface area contributed by atoms with Gasteiger partial charge in [0.05, 0.1) is 11.8 Å². The Balaban J connectivity index is 1.19. The maximum Gasteiger partial charge on any atom is 0.231 e. The number of carbonyl (C=O) groups is 2. The van der Waals surface area contributed by atoms with E-state index >= 15 is 0 Å². The van der Waals surface area contributed by atoms with Crippen molar-refractivity contribution in [1.29, 1.82) is 0 Å². The van der Waals surface area contributed by atoms with Gasteiger partial charge < -0.3 is 14.3 Å². The van der Waals surface area contributed by atoms with E-state index in [-0.39, 0.29) is 35.9 Å². The van der Waals surface area contributed by atoms with Gasteiger partial charge in [0.25, 0.3) is 0 Å². The lowest BCUT2D eigenvalue weighted by molar-refractivity contribution is -0.137. The van der Waals surface area contributed by atoms with Crippen molar-refractivity contribution in [2.45, 2.75) is 31.6 Å². The molecular weight excluding hydrogens is 435 g/mol. The van der Waals surface area contributed by atoms with E-state index in [1.54, 1.807) is 17.0 Å². The first-order valence-electron chi connectivity index (χ1n) is 11.8. The van der Waals surface area contributed by atoms with E-state index < -0.39 is 0 Å². The summed E-state index contributed by atoms with van der Waals surface area (Å²) in [4.78, 5) is 33.9. The van der Waals surface area contributed by atoms with Gasteiger partial charge in [-0.2, -0.15) is 4.98 Å². The molecule has 2 aromatic carbocycles. The maximum absolute atomic E-state index is 13.5. The van der Waals surface area contributed by atoms with Crippen LogP contribution in [0.1, 0.15) is 36.6 Å². The van der Waals surface area contributed by atoms with Crippen LogP contribution in [0.15, 0.2) is 59.1 Å². The molecule has 0 N–H and O–H groups in total. The second kappa shape index (κ2) is 9.75. The first-order chi connectivity index (χ1) is 16.6. The number of hydrogen-bond donors (Lipinski definition) is 0. The number of likely N-dealkylation sites (tertiary alicyclic amines) is 2. The van der Waals surface area contributed by atoms with E-state index in [2.05, 4.69) is 10.1 Å². The summed E-state index contributed by atoms with van der Waals surface area (Å²) in [5.41, 5.74) is 1.74. The molecule has 0 spiro atoms. The Hall–Kier alpha value is -3.55. The predicted octanol–water partition coefficient (Wildman–Crippen LogP) is 3.67. The lowest BCUT2D eigenvalue weighted by Gasteiger charge is -2.32. The Morgan fingerprint density at radius 3 is 2.79 bits per heavy atom. The first-order valence-corrected chi connectivity index (χ1v) is 11.8. The van der Waals surface area contributed by atoms with Crippen LogP contribution in [0.2, 0.25) is 0 Å². The fourth-order valence-electron chi connectivity index (χ4n) is 4.85. The van der Waals surface area contributed by atoms with Crippen molar-refractivity contribution >= 4 is 11.8 Å². The summed E-state index contributed by atoms with van der Waals surface area (Å²) in [5, 5.41) is 4.01. The van der Waals surface area contributed by atoms with Crippen LogP contribution in [0.25, 0.3) is 11.4 Å². The number of benzene rings is 2. The third-order valence-corrected chi connectivity index (χ3v) is 6.68. The van der Waals surface area contributed by atoms with Crippen molar-refractivity contribution in [3.63, 3.8) is 0 Å². The topological polar surface area (TPSA) is 79.5 Å². The van der Waals surface area contributed by atoms with E-state index in [1.165, 1.54) is 17.7 Å². The molecule has 1 aromatic heterocycles. The molecule has 2 saturated heterocycles. The van der Waals surface area contributed by atoms with Crippen LogP contribution >= 0.6 is 0 Å². The summed E-state index contributed by atoms with van der Waals surface area (Å²) < 4.78 is 19.0. The molecule has 2 unspecified atom stereocenters. The van der Waals surface area contributed by atoms with Gasteiger partial charge in [-0.1, -0.05) is 47.6 Å². The molecule has 0 aliphatic carbocycles. The molecule has 0 saturated carbocycles. The molecule has 0 radical (unpaired) electrons. The summed E-state index contributed by atoms with van der Waals surface area (Å²) in [7, 11) is 0. The molecule has 7 nitrogen and oxygen atoms in total. The van der Waals surface area contributed by atoms with Crippen LogP contribution in [-0.4, -0.2) is 57.9 Å². The number of hydrogen-bond acceptors (Lipinski definition) is 5. The van der Waals surface area contributed by atoms with E-state index in [0.717, 1.165) is 19.3 Å². The fraction of sp³-hybridized carbons (Fsp3) is 0.385. The molecule has 2 atom stereocenters. The van der Waals surface area contributed by atoms with Gasteiger partial charge in [0.15, 0.2) is 0 Å². The minimum absolute atomic E-state index is 0.0186. The molecule has 176 valence electrons. The summed E-state index contributed by atoms with van der Waals surface area (Å²) >= 11 is 0. The first kappa shape index (κ1) is 22.3. The number of carbonyl (C=O) groups excluding carboxylic acids is 2. The lowest BCUT2D eigenvalue weighted by atomic mass is 9.96. The van der Waals surface area contributed by atoms with E-state index in [1.807, 2.05) is 35.2 Å². The average molecular weight is 463 g/mol. The van der Waals surface area contributed by atoms with Crippen molar-refractivity contribution in [3.05, 3.63) is 71.9 Å². The molecule has 0 bridgehead atoms. The van der Waals surface area contributed by atoms with Crippen molar-refractivity contribution in [2.75, 3.05) is 26.2 Å². The summed E-state index contributed by atoms with van der Waals surface area (Å²) in [6.45, 7) is 2.24. The highest BCUT2D eigenvalue weighted by molar-refractivity contribution is 5.89. The van der Waals surface area contributed by atoms with E-state index in [9.17, 15) is 14.0 Å². The number of halogens is 1. The smallest absolute Gasteiger partial charge is 0.231 e. The van der Waals surface area contributed by atoms with Crippen LogP contribution < -0.4 is 0 Å². The highest BCUT2D eigenvalue weighted by Gasteiger charge is 2.38. The Morgan fingerprint density at radius 2 is 1.97 bits per heavy atom. The zero-order valence-electron chi connectivity index (χ0n) is 18.9. The molecule has 34 heavy (non-hydrogen) atoms. The zero-order valence-corrected chi connectivity index (χ0v) is 18.9. The highest BCUT2D eigenvalue weighted by atomic mass is 19.1. The predicted molar refractivity (Wildman–Crippen MR) is 123 cm³/mol. The van der Waals surface area contributed by atoms with Crippen LogP contribution in [0.4, 0.5) is 4.39 Å². The average Bonchev–Trinajstić information content (AvgIpc) is 3.50. The zero-order chi connectivity index (χ0) is 23.5. The standard InChI is InChI=1S/C26H27FN4O3/c27-22-10-4-8-19(14-22)24-28-25(34-29-24)20-9-5-12-31(16-20)26(33)21-15-23(32)30(17-21)13-11-18-6-2-1-3-7-18/h1-4,6-8,10,14,20-21H,5,9,11-13,15-17H2. The van der Waals surface area contributed by atoms with Crippen molar-refractivity contribution < 1.29 is 18.5 Å². The summed E-state index contributed by atoms with van der Waals surface area (Å²) in [5.74, 6) is 0.121. The summed E-state index contributed by atoms with van der Waals surface area (Å²) in [6, 6.07) is 16.1. The molecular formula is C26H27FN4O3. The molecule has 2 amide bonds. The van der Waals surface area contributed by atoms with Crippen molar-refractivity contribution in [3.8, 4) is 11.4 Å². The Labute approximate surface area is 197 Å². The van der Waals surface area contributed by atoms with E-state index in [0.29, 0.717) is 43.5 Å². The monoisotopic (exact) mass is 462 g/mol. The molecule has 8 heteroatoms. The molecule has 3 heterocycles. The van der Waals surface area contributed by atoms with E-state index in [4.69, 9.17) is 4.52 Å². The molecule has 5 rings (SSSR count). The highest BCUT2D eigenvalue weighted by Crippen LogP contribution is 2.30. The van der Waals surface area contributed by atoms with Crippen molar-refractivity contribution in [1.82, 2.24) is 19.9 Å². The van der Waals surface area contributed by atoms with Gasteiger partial charge in [-0.15, -0.1) is 0 Å². The number of amides is 2. The second-order valence-corrected chi connectivity index (χ2v) is 9.07. The quantitative estimate of drug-likeness (QED) is 0.559. The van der Waals surface area contributed by atoms with Gasteiger partial charge in [0, 0.05) is 38.2 Å². The number of rotatable bonds is 6. The minimum Gasteiger partial charge on any atom is -0.342 e. The Morgan fingerprint density at radius 1 is 1.12 bits per heavy atom. The van der Waals surface area contributed by atoms with Gasteiger partial charge >= 0.3 is 0 Å². The fourth-order valence-corrected chi connectivity index (χ4v) is 4.85. The third kappa shape index (κ3) is 4.85. The lowest BCUT2D eigenvalue weighted by Crippen LogP contribution is -2.43. The van der Waals surface area contributed by atoms with Gasteiger partial charge in [-0.3, -0.25) is 9.59 Å². The second-order valence-electron chi connectivity index (χ2n) is 9.07. The van der Waals surface area contributed by atoms with Crippen LogP contribution in [0.5, 0.6) is 0 Å². The number of piperidine rings is 1. The maximum atomic E-state index is 13.5. The van der Waals surface area contributed by atoms with Gasteiger partial charge in [-0.05, 0) is 37.0 Å². The molecule has 2 fully saturated rings. The minimum atomic E-state index is -0.359. The molecule has 2 aliphatic heterocycles. The Bertz CT molecular complexity index is 1170.